The molecule has 2 saturated heterocycles. The van der Waals surface area contributed by atoms with Crippen LogP contribution in [0, 0.1) is 0 Å². The van der Waals surface area contributed by atoms with Gasteiger partial charge in [0.25, 0.3) is 11.8 Å². The number of carbonyl (C=O) groups excluding carboxylic acids is 2. The first-order valence-electron chi connectivity index (χ1n) is 10.4. The molecule has 0 N–H and O–H groups in total. The molecule has 0 aromatic carbocycles. The van der Waals surface area contributed by atoms with E-state index in [-0.39, 0.29) is 17.9 Å². The first-order chi connectivity index (χ1) is 14.1. The molecule has 4 heterocycles. The Morgan fingerprint density at radius 3 is 2.48 bits per heavy atom. The molecule has 158 valence electrons. The van der Waals surface area contributed by atoms with E-state index in [4.69, 9.17) is 4.74 Å². The Balaban J connectivity index is 1.55. The van der Waals surface area contributed by atoms with Crippen LogP contribution in [0.5, 0.6) is 0 Å². The van der Waals surface area contributed by atoms with Gasteiger partial charge in [-0.15, -0.1) is 11.3 Å². The summed E-state index contributed by atoms with van der Waals surface area (Å²) in [5.74, 6) is -0.298. The molecule has 2 amide bonds. The highest BCUT2D eigenvalue weighted by Crippen LogP contribution is 2.35. The lowest BCUT2D eigenvalue weighted by atomic mass is 10.0. The van der Waals surface area contributed by atoms with Crippen LogP contribution in [0.25, 0.3) is 5.57 Å². The number of ether oxygens (including phenoxy) is 1. The van der Waals surface area contributed by atoms with Gasteiger partial charge in [-0.25, -0.2) is 0 Å². The van der Waals surface area contributed by atoms with Crippen LogP contribution in [-0.2, 0) is 14.3 Å². The van der Waals surface area contributed by atoms with Crippen molar-refractivity contribution in [3.63, 3.8) is 0 Å². The van der Waals surface area contributed by atoms with Crippen molar-refractivity contribution >= 4 is 28.7 Å². The van der Waals surface area contributed by atoms with Gasteiger partial charge in [-0.2, -0.15) is 0 Å². The molecule has 0 saturated carbocycles. The van der Waals surface area contributed by atoms with Gasteiger partial charge in [0, 0.05) is 44.1 Å². The summed E-state index contributed by atoms with van der Waals surface area (Å²) < 4.78 is 5.40. The molecule has 3 aliphatic heterocycles. The second-order valence-corrected chi connectivity index (χ2v) is 9.01. The highest BCUT2D eigenvalue weighted by molar-refractivity contribution is 7.11. The van der Waals surface area contributed by atoms with Crippen molar-refractivity contribution in [3.8, 4) is 0 Å². The average Bonchev–Trinajstić information content (AvgIpc) is 3.34. The van der Waals surface area contributed by atoms with Crippen LogP contribution in [0.2, 0.25) is 0 Å². The third kappa shape index (κ3) is 4.26. The summed E-state index contributed by atoms with van der Waals surface area (Å²) in [7, 11) is 4.11. The van der Waals surface area contributed by atoms with Gasteiger partial charge in [-0.05, 0) is 44.4 Å². The first kappa shape index (κ1) is 20.5. The smallest absolute Gasteiger partial charge is 0.277 e. The van der Waals surface area contributed by atoms with Gasteiger partial charge < -0.3 is 14.5 Å². The molecule has 0 unspecified atom stereocenters. The van der Waals surface area contributed by atoms with Crippen molar-refractivity contribution in [2.24, 2.45) is 0 Å². The van der Waals surface area contributed by atoms with E-state index >= 15 is 0 Å². The van der Waals surface area contributed by atoms with Crippen LogP contribution < -0.4 is 0 Å². The van der Waals surface area contributed by atoms with Crippen molar-refractivity contribution in [3.05, 3.63) is 28.1 Å². The van der Waals surface area contributed by atoms with Crippen molar-refractivity contribution in [1.29, 1.82) is 0 Å². The topological polar surface area (TPSA) is 56.3 Å². The SMILES string of the molecule is CN1CCC(N(C)C2=C(c3cccs3)C(=O)N(CCN3CCOCC3)C2=O)CC1. The summed E-state index contributed by atoms with van der Waals surface area (Å²) in [4.78, 5) is 35.7. The van der Waals surface area contributed by atoms with E-state index in [1.807, 2.05) is 24.6 Å². The molecular weight excluding hydrogens is 388 g/mol. The minimum atomic E-state index is -0.152. The van der Waals surface area contributed by atoms with Gasteiger partial charge in [-0.3, -0.25) is 19.4 Å². The highest BCUT2D eigenvalue weighted by atomic mass is 32.1. The molecular formula is C21H30N4O3S. The number of hydrogen-bond donors (Lipinski definition) is 0. The van der Waals surface area contributed by atoms with Crippen molar-refractivity contribution < 1.29 is 14.3 Å². The number of likely N-dealkylation sites (N-methyl/N-ethyl adjacent to an activating group) is 1. The Bertz CT molecular complexity index is 765. The molecule has 0 spiro atoms. The van der Waals surface area contributed by atoms with E-state index in [1.54, 1.807) is 0 Å². The number of hydrogen-bond acceptors (Lipinski definition) is 7. The molecule has 4 rings (SSSR count). The first-order valence-corrected chi connectivity index (χ1v) is 11.3. The van der Waals surface area contributed by atoms with Crippen LogP contribution in [0.1, 0.15) is 17.7 Å². The lowest BCUT2D eigenvalue weighted by Gasteiger charge is -2.36. The van der Waals surface area contributed by atoms with E-state index in [0.29, 0.717) is 37.6 Å². The number of nitrogens with zero attached hydrogens (tertiary/aromatic N) is 4. The Morgan fingerprint density at radius 1 is 1.10 bits per heavy atom. The highest BCUT2D eigenvalue weighted by Gasteiger charge is 2.42. The van der Waals surface area contributed by atoms with Crippen LogP contribution in [0.4, 0.5) is 0 Å². The Morgan fingerprint density at radius 2 is 1.83 bits per heavy atom. The zero-order valence-corrected chi connectivity index (χ0v) is 18.1. The summed E-state index contributed by atoms with van der Waals surface area (Å²) in [5, 5.41) is 1.96. The summed E-state index contributed by atoms with van der Waals surface area (Å²) in [6.45, 7) is 6.28. The fraction of sp³-hybridized carbons (Fsp3) is 0.619. The third-order valence-electron chi connectivity index (χ3n) is 6.24. The largest absolute Gasteiger partial charge is 0.379 e. The fourth-order valence-corrected chi connectivity index (χ4v) is 5.13. The third-order valence-corrected chi connectivity index (χ3v) is 7.13. The van der Waals surface area contributed by atoms with Gasteiger partial charge in [0.05, 0.1) is 18.8 Å². The summed E-state index contributed by atoms with van der Waals surface area (Å²) in [6, 6.07) is 4.17. The summed E-state index contributed by atoms with van der Waals surface area (Å²) in [5.41, 5.74) is 1.15. The number of imide groups is 1. The van der Waals surface area contributed by atoms with Crippen LogP contribution in [0.3, 0.4) is 0 Å². The molecule has 0 atom stereocenters. The molecule has 8 heteroatoms. The fourth-order valence-electron chi connectivity index (χ4n) is 4.37. The second kappa shape index (κ2) is 8.95. The maximum Gasteiger partial charge on any atom is 0.277 e. The Kier molecular flexibility index (Phi) is 6.34. The number of morpholine rings is 1. The summed E-state index contributed by atoms with van der Waals surface area (Å²) in [6.07, 6.45) is 2.01. The lowest BCUT2D eigenvalue weighted by Crippen LogP contribution is -2.45. The van der Waals surface area contributed by atoms with Crippen LogP contribution >= 0.6 is 11.3 Å². The normalized spacial score (nSPS) is 22.8. The van der Waals surface area contributed by atoms with Gasteiger partial charge in [0.2, 0.25) is 0 Å². The van der Waals surface area contributed by atoms with Gasteiger partial charge in [-0.1, -0.05) is 6.07 Å². The zero-order chi connectivity index (χ0) is 20.4. The predicted octanol–water partition coefficient (Wildman–Crippen LogP) is 1.19. The maximum atomic E-state index is 13.4. The number of piperidine rings is 1. The molecule has 1 aromatic rings. The maximum absolute atomic E-state index is 13.4. The van der Waals surface area contributed by atoms with Crippen molar-refractivity contribution in [2.45, 2.75) is 18.9 Å². The minimum Gasteiger partial charge on any atom is -0.379 e. The number of likely N-dealkylation sites (tertiary alicyclic amines) is 1. The van der Waals surface area contributed by atoms with Crippen molar-refractivity contribution in [2.75, 3.05) is 66.6 Å². The number of amides is 2. The molecule has 7 nitrogen and oxygen atoms in total. The van der Waals surface area contributed by atoms with Gasteiger partial charge in [0.1, 0.15) is 5.70 Å². The molecule has 1 aromatic heterocycles. The monoisotopic (exact) mass is 418 g/mol. The second-order valence-electron chi connectivity index (χ2n) is 8.06. The number of thiophene rings is 1. The zero-order valence-electron chi connectivity index (χ0n) is 17.3. The number of carbonyl (C=O) groups is 2. The van der Waals surface area contributed by atoms with Crippen LogP contribution in [-0.4, -0.2) is 104 Å². The standard InChI is InChI=1S/C21H30N4O3S/c1-22-7-5-16(6-8-22)23(2)19-18(17-4-3-15-29-17)20(26)25(21(19)27)10-9-24-11-13-28-14-12-24/h3-4,15-16H,5-14H2,1-2H3. The van der Waals surface area contributed by atoms with Crippen molar-refractivity contribution in [1.82, 2.24) is 19.6 Å². The van der Waals surface area contributed by atoms with E-state index in [1.165, 1.54) is 16.2 Å². The molecule has 3 aliphatic rings. The van der Waals surface area contributed by atoms with Gasteiger partial charge in [0.15, 0.2) is 0 Å². The molecule has 29 heavy (non-hydrogen) atoms. The van der Waals surface area contributed by atoms with E-state index < -0.39 is 0 Å². The summed E-state index contributed by atoms with van der Waals surface area (Å²) >= 11 is 1.52. The van der Waals surface area contributed by atoms with E-state index in [2.05, 4.69) is 21.7 Å². The van der Waals surface area contributed by atoms with Crippen LogP contribution in [0.15, 0.2) is 23.2 Å². The lowest BCUT2D eigenvalue weighted by molar-refractivity contribution is -0.138. The molecule has 0 aliphatic carbocycles. The molecule has 0 bridgehead atoms. The van der Waals surface area contributed by atoms with E-state index in [9.17, 15) is 9.59 Å². The van der Waals surface area contributed by atoms with E-state index in [0.717, 1.165) is 43.9 Å². The molecule has 0 radical (unpaired) electrons. The Labute approximate surface area is 176 Å². The minimum absolute atomic E-state index is 0.145. The predicted molar refractivity (Wildman–Crippen MR) is 114 cm³/mol. The Hall–Kier alpha value is -1.74. The average molecular weight is 419 g/mol. The quantitative estimate of drug-likeness (QED) is 0.647. The molecule has 2 fully saturated rings. The van der Waals surface area contributed by atoms with Gasteiger partial charge >= 0.3 is 0 Å². The number of rotatable bonds is 6.